The largest absolute Gasteiger partial charge is 0.466 e. The van der Waals surface area contributed by atoms with E-state index in [1.165, 1.54) is 31.7 Å². The van der Waals surface area contributed by atoms with Gasteiger partial charge >= 0.3 is 5.97 Å². The predicted molar refractivity (Wildman–Crippen MR) is 69.8 cm³/mol. The molecule has 7 nitrogen and oxygen atoms in total. The van der Waals surface area contributed by atoms with E-state index in [-0.39, 0.29) is 18.1 Å². The number of nitrogens with one attached hydrogen (secondary N) is 1. The highest BCUT2D eigenvalue weighted by molar-refractivity contribution is 5.92. The number of carbonyl (C=O) groups excluding carboxylic acids is 2. The van der Waals surface area contributed by atoms with Crippen molar-refractivity contribution in [2.75, 3.05) is 32.6 Å². The van der Waals surface area contributed by atoms with E-state index in [0.717, 1.165) is 0 Å². The number of nitrogens with zero attached hydrogens (tertiary/aromatic N) is 3. The van der Waals surface area contributed by atoms with Gasteiger partial charge in [0.1, 0.15) is 11.5 Å². The molecule has 0 saturated heterocycles. The molecule has 1 aromatic rings. The predicted octanol–water partition coefficient (Wildman–Crippen LogP) is 0.00160. The molecule has 0 aromatic carbocycles. The molecule has 102 valence electrons. The number of rotatable bonds is 5. The maximum Gasteiger partial charge on any atom is 0.330 e. The lowest BCUT2D eigenvalue weighted by Crippen LogP contribution is -2.25. The van der Waals surface area contributed by atoms with Gasteiger partial charge in [-0.2, -0.15) is 0 Å². The van der Waals surface area contributed by atoms with Crippen molar-refractivity contribution in [3.05, 3.63) is 30.2 Å². The Morgan fingerprint density at radius 1 is 1.37 bits per heavy atom. The summed E-state index contributed by atoms with van der Waals surface area (Å²) in [5.41, 5.74) is 0.220. The number of amides is 1. The summed E-state index contributed by atoms with van der Waals surface area (Å²) in [6, 6.07) is 0. The summed E-state index contributed by atoms with van der Waals surface area (Å²) in [5.74, 6) is -0.154. The molecule has 0 radical (unpaired) electrons. The normalized spacial score (nSPS) is 10.3. The molecule has 1 rings (SSSR count). The summed E-state index contributed by atoms with van der Waals surface area (Å²) < 4.78 is 4.41. The van der Waals surface area contributed by atoms with E-state index < -0.39 is 5.97 Å². The molecule has 0 bridgehead atoms. The van der Waals surface area contributed by atoms with Crippen LogP contribution < -0.4 is 10.2 Å². The van der Waals surface area contributed by atoms with Gasteiger partial charge in [-0.05, 0) is 0 Å². The molecule has 0 atom stereocenters. The minimum absolute atomic E-state index is 0.213. The van der Waals surface area contributed by atoms with Crippen molar-refractivity contribution in [2.24, 2.45) is 0 Å². The van der Waals surface area contributed by atoms with Crippen LogP contribution in [0.5, 0.6) is 0 Å². The number of ether oxygens (including phenoxy) is 1. The van der Waals surface area contributed by atoms with Gasteiger partial charge in [0.25, 0.3) is 5.91 Å². The SMILES string of the molecule is COC(=O)/C=C/CNC(=O)c1cnc(N(C)C)cn1. The summed E-state index contributed by atoms with van der Waals surface area (Å²) in [6.45, 7) is 0.213. The Hall–Kier alpha value is -2.44. The fourth-order valence-corrected chi connectivity index (χ4v) is 1.13. The Labute approximate surface area is 111 Å². The van der Waals surface area contributed by atoms with E-state index in [2.05, 4.69) is 20.0 Å². The first-order valence-corrected chi connectivity index (χ1v) is 5.56. The highest BCUT2D eigenvalue weighted by atomic mass is 16.5. The number of carbonyl (C=O) groups is 2. The molecule has 0 aliphatic carbocycles. The van der Waals surface area contributed by atoms with Crippen LogP contribution in [0.1, 0.15) is 10.5 Å². The second kappa shape index (κ2) is 7.10. The molecule has 1 heterocycles. The number of anilines is 1. The Bertz CT molecular complexity index is 468. The second-order valence-corrected chi connectivity index (χ2v) is 3.79. The first kappa shape index (κ1) is 14.6. The summed E-state index contributed by atoms with van der Waals surface area (Å²) in [7, 11) is 4.95. The monoisotopic (exact) mass is 264 g/mol. The van der Waals surface area contributed by atoms with E-state index in [4.69, 9.17) is 0 Å². The molecular formula is C12H16N4O3. The van der Waals surface area contributed by atoms with E-state index in [9.17, 15) is 9.59 Å². The van der Waals surface area contributed by atoms with E-state index in [1.807, 2.05) is 14.1 Å². The first-order valence-electron chi connectivity index (χ1n) is 5.56. The molecular weight excluding hydrogens is 248 g/mol. The molecule has 1 aromatic heterocycles. The van der Waals surface area contributed by atoms with Crippen molar-refractivity contribution in [2.45, 2.75) is 0 Å². The fraction of sp³-hybridized carbons (Fsp3) is 0.333. The van der Waals surface area contributed by atoms with E-state index in [0.29, 0.717) is 5.82 Å². The highest BCUT2D eigenvalue weighted by Gasteiger charge is 2.07. The van der Waals surface area contributed by atoms with Gasteiger partial charge in [-0.1, -0.05) is 6.08 Å². The van der Waals surface area contributed by atoms with Crippen LogP contribution in [0.25, 0.3) is 0 Å². The minimum Gasteiger partial charge on any atom is -0.466 e. The van der Waals surface area contributed by atoms with Gasteiger partial charge in [0.2, 0.25) is 0 Å². The molecule has 0 spiro atoms. The number of methoxy groups -OCH3 is 1. The van der Waals surface area contributed by atoms with Crippen LogP contribution in [0.2, 0.25) is 0 Å². The van der Waals surface area contributed by atoms with Gasteiger partial charge < -0.3 is 15.0 Å². The summed E-state index contributed by atoms with van der Waals surface area (Å²) in [6.07, 6.45) is 5.64. The van der Waals surface area contributed by atoms with Gasteiger partial charge in [0.15, 0.2) is 0 Å². The highest BCUT2D eigenvalue weighted by Crippen LogP contribution is 2.03. The van der Waals surface area contributed by atoms with Crippen molar-refractivity contribution >= 4 is 17.7 Å². The maximum absolute atomic E-state index is 11.7. The fourth-order valence-electron chi connectivity index (χ4n) is 1.13. The standard InChI is InChI=1S/C12H16N4O3/c1-16(2)10-8-14-9(7-15-10)12(18)13-6-4-5-11(17)19-3/h4-5,7-8H,6H2,1-3H3,(H,13,18)/b5-4+. The van der Waals surface area contributed by atoms with Crippen LogP contribution in [0.15, 0.2) is 24.5 Å². The molecule has 19 heavy (non-hydrogen) atoms. The van der Waals surface area contributed by atoms with Crippen molar-refractivity contribution in [3.8, 4) is 0 Å². The van der Waals surface area contributed by atoms with Gasteiger partial charge in [0, 0.05) is 26.7 Å². The van der Waals surface area contributed by atoms with Gasteiger partial charge in [0.05, 0.1) is 19.5 Å². The third-order valence-electron chi connectivity index (χ3n) is 2.16. The Morgan fingerprint density at radius 2 is 2.11 bits per heavy atom. The Morgan fingerprint density at radius 3 is 2.63 bits per heavy atom. The number of hydrogen-bond acceptors (Lipinski definition) is 6. The lowest BCUT2D eigenvalue weighted by molar-refractivity contribution is -0.134. The lowest BCUT2D eigenvalue weighted by Gasteiger charge is -2.10. The van der Waals surface area contributed by atoms with Gasteiger partial charge in [-0.15, -0.1) is 0 Å². The van der Waals surface area contributed by atoms with Crippen LogP contribution in [-0.4, -0.2) is 49.6 Å². The summed E-state index contributed by atoms with van der Waals surface area (Å²) in [4.78, 5) is 32.3. The topological polar surface area (TPSA) is 84.4 Å². The molecule has 0 fully saturated rings. The molecule has 7 heteroatoms. The Balaban J connectivity index is 2.50. The molecule has 0 aliphatic heterocycles. The third-order valence-corrected chi connectivity index (χ3v) is 2.16. The quantitative estimate of drug-likeness (QED) is 0.595. The lowest BCUT2D eigenvalue weighted by atomic mass is 10.4. The van der Waals surface area contributed by atoms with Gasteiger partial charge in [-0.25, -0.2) is 14.8 Å². The maximum atomic E-state index is 11.7. The van der Waals surface area contributed by atoms with Crippen molar-refractivity contribution < 1.29 is 14.3 Å². The van der Waals surface area contributed by atoms with Crippen LogP contribution in [-0.2, 0) is 9.53 Å². The average molecular weight is 264 g/mol. The van der Waals surface area contributed by atoms with Crippen LogP contribution >= 0.6 is 0 Å². The molecule has 0 saturated carbocycles. The number of esters is 1. The number of aromatic nitrogens is 2. The molecule has 0 unspecified atom stereocenters. The smallest absolute Gasteiger partial charge is 0.330 e. The minimum atomic E-state index is -0.468. The van der Waals surface area contributed by atoms with Crippen LogP contribution in [0.3, 0.4) is 0 Å². The molecule has 1 N–H and O–H groups in total. The summed E-state index contributed by atoms with van der Waals surface area (Å²) in [5, 5.41) is 2.58. The third kappa shape index (κ3) is 4.74. The van der Waals surface area contributed by atoms with Crippen molar-refractivity contribution in [3.63, 3.8) is 0 Å². The van der Waals surface area contributed by atoms with E-state index in [1.54, 1.807) is 4.90 Å². The van der Waals surface area contributed by atoms with E-state index >= 15 is 0 Å². The number of hydrogen-bond donors (Lipinski definition) is 1. The zero-order valence-electron chi connectivity index (χ0n) is 11.1. The zero-order valence-corrected chi connectivity index (χ0v) is 11.1. The van der Waals surface area contributed by atoms with Crippen LogP contribution in [0.4, 0.5) is 5.82 Å². The Kier molecular flexibility index (Phi) is 5.46. The zero-order chi connectivity index (χ0) is 14.3. The summed E-state index contributed by atoms with van der Waals surface area (Å²) >= 11 is 0. The van der Waals surface area contributed by atoms with Crippen molar-refractivity contribution in [1.29, 1.82) is 0 Å². The average Bonchev–Trinajstić information content (AvgIpc) is 2.43. The second-order valence-electron chi connectivity index (χ2n) is 3.79. The first-order chi connectivity index (χ1) is 9.04. The molecule has 0 aliphatic rings. The molecule has 1 amide bonds. The van der Waals surface area contributed by atoms with Gasteiger partial charge in [-0.3, -0.25) is 4.79 Å². The van der Waals surface area contributed by atoms with Crippen molar-refractivity contribution in [1.82, 2.24) is 15.3 Å². The van der Waals surface area contributed by atoms with Crippen LogP contribution in [0, 0.1) is 0 Å².